The number of benzene rings is 1. The van der Waals surface area contributed by atoms with E-state index in [1.807, 2.05) is 6.92 Å². The second-order valence-electron chi connectivity index (χ2n) is 4.07. The first kappa shape index (κ1) is 14.5. The van der Waals surface area contributed by atoms with Crippen molar-refractivity contribution >= 4 is 17.4 Å². The normalized spacial score (nSPS) is 10.4. The van der Waals surface area contributed by atoms with Gasteiger partial charge in [-0.05, 0) is 19.1 Å². The molecule has 0 atom stereocenters. The second kappa shape index (κ2) is 6.02. The van der Waals surface area contributed by atoms with Gasteiger partial charge in [0.15, 0.2) is 11.6 Å². The van der Waals surface area contributed by atoms with Gasteiger partial charge in [0, 0.05) is 6.42 Å². The minimum absolute atomic E-state index is 0.00400. The fourth-order valence-corrected chi connectivity index (χ4v) is 1.77. The minimum atomic E-state index is -0.632. The van der Waals surface area contributed by atoms with E-state index in [-0.39, 0.29) is 16.7 Å². The van der Waals surface area contributed by atoms with Crippen LogP contribution in [0.25, 0.3) is 0 Å². The number of ether oxygens (including phenoxy) is 1. The number of aryl methyl sites for hydroxylation is 1. The quantitative estimate of drug-likeness (QED) is 0.669. The molecule has 106 valence electrons. The van der Waals surface area contributed by atoms with E-state index in [0.29, 0.717) is 23.6 Å². The molecule has 0 aliphatic carbocycles. The Bertz CT molecular complexity index is 636. The third kappa shape index (κ3) is 2.81. The van der Waals surface area contributed by atoms with Crippen molar-refractivity contribution in [1.29, 1.82) is 0 Å². The van der Waals surface area contributed by atoms with Gasteiger partial charge in [0.25, 0.3) is 0 Å². The smallest absolute Gasteiger partial charge is 0.227 e. The average molecular weight is 297 g/mol. The summed E-state index contributed by atoms with van der Waals surface area (Å²) < 4.78 is 19.3. The summed E-state index contributed by atoms with van der Waals surface area (Å²) in [5, 5.41) is -0.0119. The molecule has 0 saturated heterocycles. The van der Waals surface area contributed by atoms with Crippen LogP contribution in [0, 0.1) is 12.7 Å². The van der Waals surface area contributed by atoms with E-state index in [0.717, 1.165) is 0 Å². The first-order chi connectivity index (χ1) is 9.56. The molecule has 1 aromatic heterocycles. The second-order valence-corrected chi connectivity index (χ2v) is 4.48. The highest BCUT2D eigenvalue weighted by molar-refractivity contribution is 6.30. The maximum absolute atomic E-state index is 13.8. The van der Waals surface area contributed by atoms with Gasteiger partial charge < -0.3 is 10.2 Å². The first-order valence-electron chi connectivity index (χ1n) is 6.02. The first-order valence-corrected chi connectivity index (χ1v) is 6.40. The molecule has 3 N–H and O–H groups in total. The number of hydrazine groups is 1. The molecule has 0 fully saturated rings. The van der Waals surface area contributed by atoms with Crippen molar-refractivity contribution in [1.82, 2.24) is 9.97 Å². The Balaban J connectivity index is 2.45. The van der Waals surface area contributed by atoms with Crippen LogP contribution in [0.2, 0.25) is 5.02 Å². The highest BCUT2D eigenvalue weighted by Gasteiger charge is 2.14. The SMILES string of the molecule is CCc1nc(NN)c(C)c(Oc2cccc(Cl)c2F)n1. The summed E-state index contributed by atoms with van der Waals surface area (Å²) in [6, 6.07) is 4.52. The van der Waals surface area contributed by atoms with Gasteiger partial charge in [0.05, 0.1) is 10.6 Å². The van der Waals surface area contributed by atoms with Crippen molar-refractivity contribution in [3.8, 4) is 11.6 Å². The highest BCUT2D eigenvalue weighted by atomic mass is 35.5. The number of nitrogens with zero attached hydrogens (tertiary/aromatic N) is 2. The fourth-order valence-electron chi connectivity index (χ4n) is 1.61. The van der Waals surface area contributed by atoms with Gasteiger partial charge in [-0.25, -0.2) is 15.2 Å². The predicted molar refractivity (Wildman–Crippen MR) is 75.4 cm³/mol. The molecule has 1 aromatic carbocycles. The molecule has 20 heavy (non-hydrogen) atoms. The number of nitrogens with one attached hydrogen (secondary N) is 1. The Labute approximate surface area is 120 Å². The summed E-state index contributed by atoms with van der Waals surface area (Å²) in [5.41, 5.74) is 3.06. The van der Waals surface area contributed by atoms with Crippen LogP contribution in [-0.2, 0) is 6.42 Å². The van der Waals surface area contributed by atoms with Crippen LogP contribution >= 0.6 is 11.6 Å². The summed E-state index contributed by atoms with van der Waals surface area (Å²) in [4.78, 5) is 8.43. The van der Waals surface area contributed by atoms with E-state index in [1.165, 1.54) is 12.1 Å². The summed E-state index contributed by atoms with van der Waals surface area (Å²) >= 11 is 5.72. The molecule has 0 spiro atoms. The van der Waals surface area contributed by atoms with Gasteiger partial charge in [-0.2, -0.15) is 4.98 Å². The van der Waals surface area contributed by atoms with E-state index in [2.05, 4.69) is 15.4 Å². The van der Waals surface area contributed by atoms with Crippen molar-refractivity contribution in [2.75, 3.05) is 5.43 Å². The summed E-state index contributed by atoms with van der Waals surface area (Å²) in [5.74, 6) is 5.99. The Morgan fingerprint density at radius 2 is 2.15 bits per heavy atom. The van der Waals surface area contributed by atoms with E-state index in [1.54, 1.807) is 13.0 Å². The molecule has 5 nitrogen and oxygen atoms in total. The molecule has 2 rings (SSSR count). The van der Waals surface area contributed by atoms with Crippen LogP contribution in [0.5, 0.6) is 11.6 Å². The van der Waals surface area contributed by atoms with Crippen LogP contribution in [0.4, 0.5) is 10.2 Å². The maximum Gasteiger partial charge on any atom is 0.227 e. The van der Waals surface area contributed by atoms with Crippen molar-refractivity contribution in [2.24, 2.45) is 5.84 Å². The lowest BCUT2D eigenvalue weighted by Gasteiger charge is -2.12. The molecule has 0 bridgehead atoms. The Morgan fingerprint density at radius 3 is 2.80 bits per heavy atom. The van der Waals surface area contributed by atoms with Crippen LogP contribution in [0.15, 0.2) is 18.2 Å². The molecule has 0 aliphatic heterocycles. The van der Waals surface area contributed by atoms with Crippen molar-refractivity contribution in [3.05, 3.63) is 40.4 Å². The summed E-state index contributed by atoms with van der Waals surface area (Å²) in [7, 11) is 0. The lowest BCUT2D eigenvalue weighted by atomic mass is 10.3. The van der Waals surface area contributed by atoms with Gasteiger partial charge in [-0.3, -0.25) is 0 Å². The van der Waals surface area contributed by atoms with E-state index in [9.17, 15) is 4.39 Å². The number of aromatic nitrogens is 2. The van der Waals surface area contributed by atoms with Gasteiger partial charge in [0.2, 0.25) is 5.88 Å². The standard InChI is InChI=1S/C13H14ClFN4O/c1-3-10-17-12(19-16)7(2)13(18-10)20-9-6-4-5-8(14)11(9)15/h4-6H,3,16H2,1-2H3,(H,17,18,19). The topological polar surface area (TPSA) is 73.1 Å². The van der Waals surface area contributed by atoms with Crippen LogP contribution < -0.4 is 16.0 Å². The molecule has 0 aliphatic rings. The largest absolute Gasteiger partial charge is 0.435 e. The lowest BCUT2D eigenvalue weighted by molar-refractivity contribution is 0.422. The highest BCUT2D eigenvalue weighted by Crippen LogP contribution is 2.31. The molecular formula is C13H14ClFN4O. The van der Waals surface area contributed by atoms with Crippen LogP contribution in [0.3, 0.4) is 0 Å². The number of nitrogen functional groups attached to an aromatic ring is 1. The van der Waals surface area contributed by atoms with E-state index >= 15 is 0 Å². The van der Waals surface area contributed by atoms with E-state index in [4.69, 9.17) is 22.2 Å². The zero-order valence-electron chi connectivity index (χ0n) is 11.1. The molecule has 0 radical (unpaired) electrons. The molecule has 1 heterocycles. The predicted octanol–water partition coefficient (Wildman–Crippen LogP) is 3.22. The minimum Gasteiger partial charge on any atom is -0.435 e. The number of anilines is 1. The Hall–Kier alpha value is -1.92. The zero-order chi connectivity index (χ0) is 14.7. The lowest BCUT2D eigenvalue weighted by Crippen LogP contribution is -2.13. The van der Waals surface area contributed by atoms with Crippen molar-refractivity contribution in [3.63, 3.8) is 0 Å². The summed E-state index contributed by atoms with van der Waals surface area (Å²) in [6.45, 7) is 3.63. The van der Waals surface area contributed by atoms with Gasteiger partial charge in [0.1, 0.15) is 11.6 Å². The van der Waals surface area contributed by atoms with Crippen LogP contribution in [-0.4, -0.2) is 9.97 Å². The monoisotopic (exact) mass is 296 g/mol. The molecule has 7 heteroatoms. The van der Waals surface area contributed by atoms with Crippen molar-refractivity contribution < 1.29 is 9.13 Å². The number of hydrogen-bond acceptors (Lipinski definition) is 5. The number of rotatable bonds is 4. The van der Waals surface area contributed by atoms with Gasteiger partial charge >= 0.3 is 0 Å². The van der Waals surface area contributed by atoms with Crippen LogP contribution in [0.1, 0.15) is 18.3 Å². The Morgan fingerprint density at radius 1 is 1.40 bits per heavy atom. The van der Waals surface area contributed by atoms with Gasteiger partial charge in [-0.15, -0.1) is 0 Å². The maximum atomic E-state index is 13.8. The Kier molecular flexibility index (Phi) is 4.36. The third-order valence-corrected chi connectivity index (χ3v) is 3.02. The number of nitrogens with two attached hydrogens (primary N) is 1. The molecule has 0 saturated carbocycles. The van der Waals surface area contributed by atoms with Gasteiger partial charge in [-0.1, -0.05) is 24.6 Å². The molecule has 2 aromatic rings. The summed E-state index contributed by atoms with van der Waals surface area (Å²) in [6.07, 6.45) is 0.601. The van der Waals surface area contributed by atoms with Crippen molar-refractivity contribution in [2.45, 2.75) is 20.3 Å². The van der Waals surface area contributed by atoms with E-state index < -0.39 is 5.82 Å². The third-order valence-electron chi connectivity index (χ3n) is 2.72. The number of halogens is 2. The molecule has 0 amide bonds. The molecular weight excluding hydrogens is 283 g/mol. The fraction of sp³-hybridized carbons (Fsp3) is 0.231. The zero-order valence-corrected chi connectivity index (χ0v) is 11.8. The average Bonchev–Trinajstić information content (AvgIpc) is 2.45. The number of hydrogen-bond donors (Lipinski definition) is 2. The molecule has 0 unspecified atom stereocenters.